The molecule has 1 fully saturated rings. The van der Waals surface area contributed by atoms with Crippen molar-refractivity contribution in [3.05, 3.63) is 0 Å². The van der Waals surface area contributed by atoms with E-state index < -0.39 is 0 Å². The van der Waals surface area contributed by atoms with E-state index in [0.717, 1.165) is 19.5 Å². The van der Waals surface area contributed by atoms with Crippen LogP contribution in [-0.2, 0) is 0 Å². The Balaban J connectivity index is 2.41. The minimum absolute atomic E-state index is 0.180. The highest BCUT2D eigenvalue weighted by molar-refractivity contribution is 4.89. The summed E-state index contributed by atoms with van der Waals surface area (Å²) >= 11 is 0. The molecular formula is C15H32N2O. The van der Waals surface area contributed by atoms with Crippen molar-refractivity contribution in [3.63, 3.8) is 0 Å². The largest absolute Gasteiger partial charge is 0.393 e. The van der Waals surface area contributed by atoms with E-state index in [4.69, 9.17) is 0 Å². The Morgan fingerprint density at radius 2 is 1.83 bits per heavy atom. The summed E-state index contributed by atoms with van der Waals surface area (Å²) in [5.74, 6) is 0. The molecule has 1 saturated carbocycles. The van der Waals surface area contributed by atoms with Gasteiger partial charge in [-0.25, -0.2) is 0 Å². The molecule has 1 atom stereocenters. The van der Waals surface area contributed by atoms with Gasteiger partial charge < -0.3 is 15.3 Å². The number of nitrogens with zero attached hydrogens (tertiary/aromatic N) is 1. The smallest absolute Gasteiger partial charge is 0.0524 e. The maximum absolute atomic E-state index is 9.36. The minimum Gasteiger partial charge on any atom is -0.393 e. The van der Waals surface area contributed by atoms with Gasteiger partial charge in [-0.15, -0.1) is 0 Å². The second-order valence-corrected chi connectivity index (χ2v) is 6.62. The molecule has 0 amide bonds. The Morgan fingerprint density at radius 1 is 1.22 bits per heavy atom. The zero-order valence-corrected chi connectivity index (χ0v) is 12.7. The first kappa shape index (κ1) is 15.9. The van der Waals surface area contributed by atoms with Crippen LogP contribution in [0.4, 0.5) is 0 Å². The third-order valence-electron chi connectivity index (χ3n) is 4.08. The molecule has 3 nitrogen and oxygen atoms in total. The van der Waals surface area contributed by atoms with Gasteiger partial charge in [-0.3, -0.25) is 0 Å². The molecule has 18 heavy (non-hydrogen) atoms. The van der Waals surface area contributed by atoms with Gasteiger partial charge in [0.1, 0.15) is 0 Å². The first-order chi connectivity index (χ1) is 8.43. The lowest BCUT2D eigenvalue weighted by atomic mass is 9.85. The third kappa shape index (κ3) is 5.68. The summed E-state index contributed by atoms with van der Waals surface area (Å²) in [4.78, 5) is 2.40. The van der Waals surface area contributed by atoms with Gasteiger partial charge in [-0.2, -0.15) is 0 Å². The van der Waals surface area contributed by atoms with Crippen molar-refractivity contribution < 1.29 is 5.11 Å². The van der Waals surface area contributed by atoms with Crippen LogP contribution in [-0.4, -0.2) is 48.8 Å². The topological polar surface area (TPSA) is 35.5 Å². The zero-order valence-electron chi connectivity index (χ0n) is 12.7. The van der Waals surface area contributed by atoms with Gasteiger partial charge in [-0.05, 0) is 38.6 Å². The number of rotatable bonds is 8. The van der Waals surface area contributed by atoms with Crippen LogP contribution >= 0.6 is 0 Å². The van der Waals surface area contributed by atoms with Crippen molar-refractivity contribution in [2.75, 3.05) is 26.7 Å². The highest BCUT2D eigenvalue weighted by atomic mass is 16.3. The fourth-order valence-corrected chi connectivity index (χ4v) is 3.00. The van der Waals surface area contributed by atoms with Gasteiger partial charge >= 0.3 is 0 Å². The average Bonchev–Trinajstić information content (AvgIpc) is 2.73. The Morgan fingerprint density at radius 3 is 2.33 bits per heavy atom. The molecule has 0 spiro atoms. The van der Waals surface area contributed by atoms with E-state index in [2.05, 4.69) is 31.1 Å². The number of aliphatic hydroxyl groups is 1. The molecule has 1 rings (SSSR count). The summed E-state index contributed by atoms with van der Waals surface area (Å²) in [5, 5.41) is 13.0. The van der Waals surface area contributed by atoms with Crippen molar-refractivity contribution in [2.45, 2.75) is 65.0 Å². The number of aliphatic hydroxyl groups excluding tert-OH is 1. The van der Waals surface area contributed by atoms with Crippen LogP contribution in [0.2, 0.25) is 0 Å². The van der Waals surface area contributed by atoms with Crippen LogP contribution < -0.4 is 5.32 Å². The molecule has 1 unspecified atom stereocenters. The second-order valence-electron chi connectivity index (χ2n) is 6.62. The Labute approximate surface area is 113 Å². The maximum atomic E-state index is 9.36. The van der Waals surface area contributed by atoms with Crippen LogP contribution in [0, 0.1) is 5.41 Å². The number of hydrogen-bond donors (Lipinski definition) is 2. The van der Waals surface area contributed by atoms with Crippen molar-refractivity contribution >= 4 is 0 Å². The first-order valence-corrected chi connectivity index (χ1v) is 7.53. The standard InChI is InChI=1S/C15H32N2O/c1-13(2)16-11-15(8-5-6-9-15)12-17(4)10-7-14(3)18/h13-14,16,18H,5-12H2,1-4H3. The van der Waals surface area contributed by atoms with Gasteiger partial charge in [0.15, 0.2) is 0 Å². The molecule has 108 valence electrons. The van der Waals surface area contributed by atoms with Gasteiger partial charge in [0.25, 0.3) is 0 Å². The summed E-state index contributed by atoms with van der Waals surface area (Å²) in [5.41, 5.74) is 0.470. The van der Waals surface area contributed by atoms with Crippen LogP contribution in [0.15, 0.2) is 0 Å². The van der Waals surface area contributed by atoms with Crippen LogP contribution in [0.3, 0.4) is 0 Å². The van der Waals surface area contributed by atoms with Gasteiger partial charge in [-0.1, -0.05) is 26.7 Å². The summed E-state index contributed by atoms with van der Waals surface area (Å²) in [7, 11) is 2.19. The lowest BCUT2D eigenvalue weighted by molar-refractivity contribution is 0.133. The molecule has 2 N–H and O–H groups in total. The number of hydrogen-bond acceptors (Lipinski definition) is 3. The SMILES string of the molecule is CC(O)CCN(C)CC1(CNC(C)C)CCCC1. The van der Waals surface area contributed by atoms with Crippen molar-refractivity contribution in [2.24, 2.45) is 5.41 Å². The molecule has 1 aliphatic carbocycles. The predicted molar refractivity (Wildman–Crippen MR) is 77.8 cm³/mol. The normalized spacial score (nSPS) is 20.8. The average molecular weight is 256 g/mol. The van der Waals surface area contributed by atoms with E-state index in [0.29, 0.717) is 11.5 Å². The second kappa shape index (κ2) is 7.46. The molecule has 0 heterocycles. The predicted octanol–water partition coefficient (Wildman–Crippen LogP) is 2.25. The minimum atomic E-state index is -0.180. The van der Waals surface area contributed by atoms with E-state index >= 15 is 0 Å². The van der Waals surface area contributed by atoms with Crippen LogP contribution in [0.5, 0.6) is 0 Å². The van der Waals surface area contributed by atoms with E-state index in [-0.39, 0.29) is 6.10 Å². The lowest BCUT2D eigenvalue weighted by Gasteiger charge is -2.35. The summed E-state index contributed by atoms with van der Waals surface area (Å²) < 4.78 is 0. The molecule has 3 heteroatoms. The fraction of sp³-hybridized carbons (Fsp3) is 1.00. The molecule has 0 aliphatic heterocycles. The van der Waals surface area contributed by atoms with Gasteiger partial charge in [0.05, 0.1) is 6.10 Å². The molecule has 0 aromatic carbocycles. The molecule has 0 aromatic rings. The quantitative estimate of drug-likeness (QED) is 0.699. The Kier molecular flexibility index (Phi) is 6.61. The molecular weight excluding hydrogens is 224 g/mol. The van der Waals surface area contributed by atoms with E-state index in [1.54, 1.807) is 0 Å². The van der Waals surface area contributed by atoms with Crippen molar-refractivity contribution in [1.82, 2.24) is 10.2 Å². The summed E-state index contributed by atoms with van der Waals surface area (Å²) in [6, 6.07) is 0.574. The fourth-order valence-electron chi connectivity index (χ4n) is 3.00. The number of nitrogens with one attached hydrogen (secondary N) is 1. The zero-order chi connectivity index (χ0) is 13.6. The molecule has 0 aromatic heterocycles. The van der Waals surface area contributed by atoms with E-state index in [1.807, 2.05) is 6.92 Å². The maximum Gasteiger partial charge on any atom is 0.0524 e. The van der Waals surface area contributed by atoms with Crippen LogP contribution in [0.25, 0.3) is 0 Å². The molecule has 0 radical (unpaired) electrons. The first-order valence-electron chi connectivity index (χ1n) is 7.53. The van der Waals surface area contributed by atoms with Crippen molar-refractivity contribution in [1.29, 1.82) is 0 Å². The molecule has 0 bridgehead atoms. The monoisotopic (exact) mass is 256 g/mol. The lowest BCUT2D eigenvalue weighted by Crippen LogP contribution is -2.43. The Hall–Kier alpha value is -0.120. The van der Waals surface area contributed by atoms with Gasteiger partial charge in [0.2, 0.25) is 0 Å². The van der Waals surface area contributed by atoms with E-state index in [1.165, 1.54) is 32.2 Å². The Bertz CT molecular complexity index is 223. The summed E-state index contributed by atoms with van der Waals surface area (Å²) in [6.45, 7) is 9.63. The van der Waals surface area contributed by atoms with Crippen LogP contribution in [0.1, 0.15) is 52.9 Å². The van der Waals surface area contributed by atoms with Gasteiger partial charge in [0, 0.05) is 25.7 Å². The van der Waals surface area contributed by atoms with Crippen molar-refractivity contribution in [3.8, 4) is 0 Å². The highest BCUT2D eigenvalue weighted by Crippen LogP contribution is 2.38. The third-order valence-corrected chi connectivity index (χ3v) is 4.08. The molecule has 1 aliphatic rings. The summed E-state index contributed by atoms with van der Waals surface area (Å²) in [6.07, 6.45) is 6.16. The van der Waals surface area contributed by atoms with E-state index in [9.17, 15) is 5.11 Å². The highest BCUT2D eigenvalue weighted by Gasteiger charge is 2.34. The molecule has 0 saturated heterocycles.